The molecule has 0 aliphatic heterocycles. The van der Waals surface area contributed by atoms with Gasteiger partial charge < -0.3 is 11.1 Å². The van der Waals surface area contributed by atoms with E-state index in [1.54, 1.807) is 0 Å². The summed E-state index contributed by atoms with van der Waals surface area (Å²) in [7, 11) is 0. The van der Waals surface area contributed by atoms with Crippen molar-refractivity contribution in [3.8, 4) is 0 Å². The molecule has 0 saturated carbocycles. The molecular formula is C11H25N3O. The number of carbonyl (C=O) groups excluding carboxylic acids is 1. The maximum Gasteiger partial charge on any atom is 0.221 e. The Morgan fingerprint density at radius 2 is 1.93 bits per heavy atom. The number of nitrogens with one attached hydrogen (secondary N) is 1. The second-order valence-corrected chi connectivity index (χ2v) is 3.66. The van der Waals surface area contributed by atoms with E-state index < -0.39 is 0 Å². The Morgan fingerprint density at radius 1 is 1.33 bits per heavy atom. The minimum absolute atomic E-state index is 0.110. The largest absolute Gasteiger partial charge is 0.356 e. The van der Waals surface area contributed by atoms with Gasteiger partial charge in [-0.15, -0.1) is 0 Å². The van der Waals surface area contributed by atoms with Crippen molar-refractivity contribution in [2.45, 2.75) is 39.7 Å². The first-order valence-electron chi connectivity index (χ1n) is 5.90. The van der Waals surface area contributed by atoms with Gasteiger partial charge in [-0.05, 0) is 19.5 Å². The highest BCUT2D eigenvalue weighted by Gasteiger charge is 2.17. The Morgan fingerprint density at radius 3 is 2.33 bits per heavy atom. The number of rotatable bonds is 8. The van der Waals surface area contributed by atoms with E-state index in [-0.39, 0.29) is 11.9 Å². The highest BCUT2D eigenvalue weighted by molar-refractivity contribution is 5.76. The van der Waals surface area contributed by atoms with Crippen LogP contribution in [0, 0.1) is 0 Å². The van der Waals surface area contributed by atoms with Crippen molar-refractivity contribution in [2.75, 3.05) is 26.2 Å². The monoisotopic (exact) mass is 215 g/mol. The maximum atomic E-state index is 11.5. The molecule has 0 aromatic carbocycles. The van der Waals surface area contributed by atoms with Crippen molar-refractivity contribution in [1.82, 2.24) is 10.2 Å². The highest BCUT2D eigenvalue weighted by Crippen LogP contribution is 2.02. The van der Waals surface area contributed by atoms with Gasteiger partial charge in [0.25, 0.3) is 0 Å². The third-order valence-corrected chi connectivity index (χ3v) is 2.59. The number of carbonyl (C=O) groups is 1. The summed E-state index contributed by atoms with van der Waals surface area (Å²) in [6, 6.07) is 0.178. The van der Waals surface area contributed by atoms with Gasteiger partial charge >= 0.3 is 0 Å². The first-order chi connectivity index (χ1) is 7.19. The Labute approximate surface area is 93.2 Å². The van der Waals surface area contributed by atoms with Crippen LogP contribution in [0.3, 0.4) is 0 Å². The summed E-state index contributed by atoms with van der Waals surface area (Å²) in [5, 5.41) is 2.88. The second-order valence-electron chi connectivity index (χ2n) is 3.66. The average molecular weight is 215 g/mol. The molecule has 1 unspecified atom stereocenters. The molecule has 0 saturated heterocycles. The van der Waals surface area contributed by atoms with Gasteiger partial charge in [0, 0.05) is 25.6 Å². The smallest absolute Gasteiger partial charge is 0.221 e. The summed E-state index contributed by atoms with van der Waals surface area (Å²) in [4.78, 5) is 13.7. The van der Waals surface area contributed by atoms with Gasteiger partial charge in [0.2, 0.25) is 5.91 Å². The first kappa shape index (κ1) is 14.4. The molecule has 0 rings (SSSR count). The Balaban J connectivity index is 4.01. The van der Waals surface area contributed by atoms with Crippen LogP contribution in [-0.2, 0) is 4.79 Å². The Bertz CT molecular complexity index is 169. The van der Waals surface area contributed by atoms with Crippen molar-refractivity contribution in [3.63, 3.8) is 0 Å². The fourth-order valence-corrected chi connectivity index (χ4v) is 1.65. The predicted octanol–water partition coefficient (Wildman–Crippen LogP) is 0.572. The molecule has 0 bridgehead atoms. The molecule has 0 heterocycles. The first-order valence-corrected chi connectivity index (χ1v) is 5.90. The lowest BCUT2D eigenvalue weighted by molar-refractivity contribution is -0.122. The number of hydrogen-bond donors (Lipinski definition) is 2. The molecule has 0 aromatic heterocycles. The van der Waals surface area contributed by atoms with E-state index in [9.17, 15) is 4.79 Å². The number of amides is 1. The lowest BCUT2D eigenvalue weighted by atomic mass is 10.1. The highest BCUT2D eigenvalue weighted by atomic mass is 16.1. The normalized spacial score (nSPS) is 12.9. The van der Waals surface area contributed by atoms with Crippen LogP contribution in [0.2, 0.25) is 0 Å². The fourth-order valence-electron chi connectivity index (χ4n) is 1.65. The van der Waals surface area contributed by atoms with Crippen molar-refractivity contribution >= 4 is 5.91 Å². The zero-order chi connectivity index (χ0) is 11.7. The molecule has 4 heteroatoms. The topological polar surface area (TPSA) is 58.4 Å². The van der Waals surface area contributed by atoms with Crippen LogP contribution in [0.15, 0.2) is 0 Å². The van der Waals surface area contributed by atoms with Gasteiger partial charge in [0.05, 0.1) is 0 Å². The summed E-state index contributed by atoms with van der Waals surface area (Å²) in [5.41, 5.74) is 5.68. The Kier molecular flexibility index (Phi) is 8.33. The fraction of sp³-hybridized carbons (Fsp3) is 0.909. The average Bonchev–Trinajstić information content (AvgIpc) is 2.26. The van der Waals surface area contributed by atoms with Crippen LogP contribution in [0.5, 0.6) is 0 Å². The van der Waals surface area contributed by atoms with Gasteiger partial charge in [0.1, 0.15) is 0 Å². The lowest BCUT2D eigenvalue weighted by Crippen LogP contribution is -2.43. The molecular weight excluding hydrogens is 190 g/mol. The van der Waals surface area contributed by atoms with Crippen LogP contribution in [0.25, 0.3) is 0 Å². The molecule has 15 heavy (non-hydrogen) atoms. The van der Waals surface area contributed by atoms with Gasteiger partial charge in [-0.2, -0.15) is 0 Å². The number of nitrogens with zero attached hydrogens (tertiary/aromatic N) is 1. The predicted molar refractivity (Wildman–Crippen MR) is 63.7 cm³/mol. The van der Waals surface area contributed by atoms with E-state index in [1.165, 1.54) is 0 Å². The van der Waals surface area contributed by atoms with Crippen LogP contribution in [0.4, 0.5) is 0 Å². The molecule has 0 aliphatic rings. The summed E-state index contributed by atoms with van der Waals surface area (Å²) in [5.74, 6) is 0.110. The van der Waals surface area contributed by atoms with Crippen molar-refractivity contribution in [3.05, 3.63) is 0 Å². The van der Waals surface area contributed by atoms with Gasteiger partial charge in [-0.25, -0.2) is 0 Å². The zero-order valence-electron chi connectivity index (χ0n) is 10.3. The van der Waals surface area contributed by atoms with E-state index in [1.807, 2.05) is 6.92 Å². The molecule has 0 aliphatic carbocycles. The molecule has 0 aromatic rings. The molecule has 1 amide bonds. The molecule has 3 N–H and O–H groups in total. The van der Waals surface area contributed by atoms with Gasteiger partial charge in [0.15, 0.2) is 0 Å². The third-order valence-electron chi connectivity index (χ3n) is 2.59. The lowest BCUT2D eigenvalue weighted by Gasteiger charge is -2.27. The molecule has 4 nitrogen and oxygen atoms in total. The SMILES string of the molecule is CCCNC(=O)CC(CN)N(CC)CC. The molecule has 90 valence electrons. The minimum Gasteiger partial charge on any atom is -0.356 e. The van der Waals surface area contributed by atoms with E-state index in [2.05, 4.69) is 24.1 Å². The molecule has 0 spiro atoms. The van der Waals surface area contributed by atoms with E-state index >= 15 is 0 Å². The van der Waals surface area contributed by atoms with Crippen LogP contribution >= 0.6 is 0 Å². The number of hydrogen-bond acceptors (Lipinski definition) is 3. The Hall–Kier alpha value is -0.610. The van der Waals surface area contributed by atoms with Crippen LogP contribution in [0.1, 0.15) is 33.6 Å². The van der Waals surface area contributed by atoms with Gasteiger partial charge in [-0.1, -0.05) is 20.8 Å². The second kappa shape index (κ2) is 8.68. The molecule has 0 radical (unpaired) electrons. The van der Waals surface area contributed by atoms with Crippen molar-refractivity contribution in [2.24, 2.45) is 5.73 Å². The van der Waals surface area contributed by atoms with E-state index in [0.29, 0.717) is 13.0 Å². The summed E-state index contributed by atoms with van der Waals surface area (Å²) >= 11 is 0. The number of nitrogens with two attached hydrogens (primary N) is 1. The summed E-state index contributed by atoms with van der Waals surface area (Å²) < 4.78 is 0. The van der Waals surface area contributed by atoms with Crippen LogP contribution in [-0.4, -0.2) is 43.0 Å². The van der Waals surface area contributed by atoms with Crippen molar-refractivity contribution in [1.29, 1.82) is 0 Å². The van der Waals surface area contributed by atoms with E-state index in [0.717, 1.165) is 26.1 Å². The summed E-state index contributed by atoms with van der Waals surface area (Å²) in [6.45, 7) is 9.42. The summed E-state index contributed by atoms with van der Waals surface area (Å²) in [6.07, 6.45) is 1.49. The molecule has 0 fully saturated rings. The van der Waals surface area contributed by atoms with Gasteiger partial charge in [-0.3, -0.25) is 9.69 Å². The van der Waals surface area contributed by atoms with Crippen molar-refractivity contribution < 1.29 is 4.79 Å². The quantitative estimate of drug-likeness (QED) is 0.622. The standard InChI is InChI=1S/C11H25N3O/c1-4-7-13-11(15)8-10(9-12)14(5-2)6-3/h10H,4-9,12H2,1-3H3,(H,13,15). The maximum absolute atomic E-state index is 11.5. The third kappa shape index (κ3) is 5.74. The zero-order valence-corrected chi connectivity index (χ0v) is 10.3. The van der Waals surface area contributed by atoms with Crippen LogP contribution < -0.4 is 11.1 Å². The van der Waals surface area contributed by atoms with E-state index in [4.69, 9.17) is 5.73 Å². The molecule has 1 atom stereocenters. The minimum atomic E-state index is 0.110. The number of likely N-dealkylation sites (N-methyl/N-ethyl adjacent to an activating group) is 1.